The van der Waals surface area contributed by atoms with Crippen molar-refractivity contribution in [1.29, 1.82) is 0 Å². The van der Waals surface area contributed by atoms with Crippen LogP contribution >= 0.6 is 0 Å². The Hall–Kier alpha value is -1.02. The Bertz CT molecular complexity index is 410. The van der Waals surface area contributed by atoms with Crippen LogP contribution in [0.15, 0.2) is 24.3 Å². The summed E-state index contributed by atoms with van der Waals surface area (Å²) >= 11 is 0. The first kappa shape index (κ1) is 15.4. The first-order valence-electron chi connectivity index (χ1n) is 7.85. The monoisotopic (exact) mass is 275 g/mol. The highest BCUT2D eigenvalue weighted by Crippen LogP contribution is 2.38. The highest BCUT2D eigenvalue weighted by molar-refractivity contribution is 5.27. The van der Waals surface area contributed by atoms with Crippen LogP contribution < -0.4 is 10.1 Å². The lowest BCUT2D eigenvalue weighted by Crippen LogP contribution is -2.40. The van der Waals surface area contributed by atoms with Crippen molar-refractivity contribution in [2.24, 2.45) is 11.3 Å². The molecule has 1 aliphatic rings. The van der Waals surface area contributed by atoms with Crippen molar-refractivity contribution in [1.82, 2.24) is 5.32 Å². The number of methoxy groups -OCH3 is 1. The standard InChI is InChI=1S/C18H29NO/c1-14-11-16(13-18(2,3)12-14)19-10-9-15-5-7-17(20-4)8-6-15/h5-8,14,16,19H,9-13H2,1-4H3. The summed E-state index contributed by atoms with van der Waals surface area (Å²) in [4.78, 5) is 0. The summed E-state index contributed by atoms with van der Waals surface area (Å²) in [5.74, 6) is 1.78. The maximum Gasteiger partial charge on any atom is 0.118 e. The zero-order valence-corrected chi connectivity index (χ0v) is 13.4. The summed E-state index contributed by atoms with van der Waals surface area (Å²) in [6.45, 7) is 8.26. The van der Waals surface area contributed by atoms with Gasteiger partial charge in [0.2, 0.25) is 0 Å². The summed E-state index contributed by atoms with van der Waals surface area (Å²) in [5, 5.41) is 3.75. The molecule has 0 amide bonds. The van der Waals surface area contributed by atoms with Crippen molar-refractivity contribution >= 4 is 0 Å². The van der Waals surface area contributed by atoms with E-state index in [-0.39, 0.29) is 0 Å². The van der Waals surface area contributed by atoms with E-state index in [0.717, 1.165) is 24.6 Å². The van der Waals surface area contributed by atoms with Crippen LogP contribution in [0.3, 0.4) is 0 Å². The number of nitrogens with one attached hydrogen (secondary N) is 1. The van der Waals surface area contributed by atoms with Crippen molar-refractivity contribution in [3.8, 4) is 5.75 Å². The van der Waals surface area contributed by atoms with E-state index in [0.29, 0.717) is 11.5 Å². The third-order valence-corrected chi connectivity index (χ3v) is 4.39. The highest BCUT2D eigenvalue weighted by Gasteiger charge is 2.31. The molecular weight excluding hydrogens is 246 g/mol. The number of benzene rings is 1. The van der Waals surface area contributed by atoms with Crippen LogP contribution in [0.2, 0.25) is 0 Å². The maximum atomic E-state index is 5.19. The molecule has 1 saturated carbocycles. The van der Waals surface area contributed by atoms with Crippen LogP contribution in [0.4, 0.5) is 0 Å². The Labute approximate surface area is 123 Å². The first-order chi connectivity index (χ1) is 9.48. The molecule has 2 unspecified atom stereocenters. The van der Waals surface area contributed by atoms with Gasteiger partial charge in [-0.05, 0) is 61.3 Å². The second kappa shape index (κ2) is 6.62. The van der Waals surface area contributed by atoms with Gasteiger partial charge in [0, 0.05) is 6.04 Å². The molecule has 1 aromatic carbocycles. The number of hydrogen-bond donors (Lipinski definition) is 1. The van der Waals surface area contributed by atoms with Gasteiger partial charge in [-0.2, -0.15) is 0 Å². The molecule has 0 aromatic heterocycles. The molecule has 1 aliphatic carbocycles. The van der Waals surface area contributed by atoms with Gasteiger partial charge in [0.15, 0.2) is 0 Å². The normalized spacial score (nSPS) is 25.4. The highest BCUT2D eigenvalue weighted by atomic mass is 16.5. The van der Waals surface area contributed by atoms with Crippen molar-refractivity contribution in [2.75, 3.05) is 13.7 Å². The van der Waals surface area contributed by atoms with Gasteiger partial charge in [0.25, 0.3) is 0 Å². The van der Waals surface area contributed by atoms with E-state index in [1.165, 1.54) is 24.8 Å². The second-order valence-electron chi connectivity index (χ2n) is 7.16. The summed E-state index contributed by atoms with van der Waals surface area (Å²) in [6, 6.07) is 9.09. The lowest BCUT2D eigenvalue weighted by Gasteiger charge is -2.39. The average molecular weight is 275 g/mol. The zero-order valence-electron chi connectivity index (χ0n) is 13.4. The Morgan fingerprint density at radius 1 is 1.20 bits per heavy atom. The SMILES string of the molecule is COc1ccc(CCNC2CC(C)CC(C)(C)C2)cc1. The van der Waals surface area contributed by atoms with Gasteiger partial charge in [0.1, 0.15) is 5.75 Å². The van der Waals surface area contributed by atoms with E-state index in [2.05, 4.69) is 38.2 Å². The van der Waals surface area contributed by atoms with Crippen LogP contribution in [0.5, 0.6) is 5.75 Å². The lowest BCUT2D eigenvalue weighted by molar-refractivity contribution is 0.152. The maximum absolute atomic E-state index is 5.19. The van der Waals surface area contributed by atoms with Gasteiger partial charge in [-0.15, -0.1) is 0 Å². The van der Waals surface area contributed by atoms with Crippen molar-refractivity contribution in [2.45, 2.75) is 52.5 Å². The molecule has 0 heterocycles. The summed E-state index contributed by atoms with van der Waals surface area (Å²) in [6.07, 6.45) is 5.09. The predicted octanol–water partition coefficient (Wildman–Crippen LogP) is 4.04. The second-order valence-corrected chi connectivity index (χ2v) is 7.16. The molecule has 20 heavy (non-hydrogen) atoms. The topological polar surface area (TPSA) is 21.3 Å². The fourth-order valence-corrected chi connectivity index (χ4v) is 3.71. The van der Waals surface area contributed by atoms with E-state index in [9.17, 15) is 0 Å². The quantitative estimate of drug-likeness (QED) is 0.875. The van der Waals surface area contributed by atoms with Crippen LogP contribution in [-0.4, -0.2) is 19.7 Å². The first-order valence-corrected chi connectivity index (χ1v) is 7.85. The van der Waals surface area contributed by atoms with Crippen LogP contribution in [-0.2, 0) is 6.42 Å². The molecule has 2 heteroatoms. The van der Waals surface area contributed by atoms with Gasteiger partial charge >= 0.3 is 0 Å². The average Bonchev–Trinajstić information content (AvgIpc) is 2.37. The van der Waals surface area contributed by atoms with Gasteiger partial charge < -0.3 is 10.1 Å². The van der Waals surface area contributed by atoms with Gasteiger partial charge in [0.05, 0.1) is 7.11 Å². The van der Waals surface area contributed by atoms with E-state index < -0.39 is 0 Å². The lowest BCUT2D eigenvalue weighted by atomic mass is 9.70. The predicted molar refractivity (Wildman–Crippen MR) is 85.3 cm³/mol. The minimum atomic E-state index is 0.495. The van der Waals surface area contributed by atoms with Gasteiger partial charge in [-0.25, -0.2) is 0 Å². The van der Waals surface area contributed by atoms with E-state index in [1.807, 2.05) is 12.1 Å². The molecular formula is C18H29NO. The van der Waals surface area contributed by atoms with E-state index in [4.69, 9.17) is 4.74 Å². The van der Waals surface area contributed by atoms with Crippen LogP contribution in [0, 0.1) is 11.3 Å². The molecule has 2 nitrogen and oxygen atoms in total. The summed E-state index contributed by atoms with van der Waals surface area (Å²) < 4.78 is 5.19. The summed E-state index contributed by atoms with van der Waals surface area (Å²) in [7, 11) is 1.71. The largest absolute Gasteiger partial charge is 0.497 e. The zero-order chi connectivity index (χ0) is 14.6. The minimum Gasteiger partial charge on any atom is -0.497 e. The Balaban J connectivity index is 1.77. The van der Waals surface area contributed by atoms with E-state index >= 15 is 0 Å². The minimum absolute atomic E-state index is 0.495. The molecule has 112 valence electrons. The fourth-order valence-electron chi connectivity index (χ4n) is 3.71. The number of hydrogen-bond acceptors (Lipinski definition) is 2. The third-order valence-electron chi connectivity index (χ3n) is 4.39. The molecule has 0 aliphatic heterocycles. The molecule has 2 atom stereocenters. The van der Waals surface area contributed by atoms with E-state index in [1.54, 1.807) is 7.11 Å². The van der Waals surface area contributed by atoms with Crippen molar-refractivity contribution in [3.63, 3.8) is 0 Å². The Morgan fingerprint density at radius 3 is 2.50 bits per heavy atom. The molecule has 2 rings (SSSR count). The molecule has 1 aromatic rings. The Morgan fingerprint density at radius 2 is 1.90 bits per heavy atom. The molecule has 0 saturated heterocycles. The molecule has 1 N–H and O–H groups in total. The fraction of sp³-hybridized carbons (Fsp3) is 0.667. The number of ether oxygens (including phenoxy) is 1. The van der Waals surface area contributed by atoms with Crippen molar-refractivity contribution in [3.05, 3.63) is 29.8 Å². The molecule has 0 bridgehead atoms. The van der Waals surface area contributed by atoms with Gasteiger partial charge in [-0.3, -0.25) is 0 Å². The van der Waals surface area contributed by atoms with Crippen LogP contribution in [0.25, 0.3) is 0 Å². The summed E-state index contributed by atoms with van der Waals surface area (Å²) in [5.41, 5.74) is 1.87. The molecule has 0 radical (unpaired) electrons. The third kappa shape index (κ3) is 4.52. The molecule has 1 fully saturated rings. The number of rotatable bonds is 5. The Kier molecular flexibility index (Phi) is 5.09. The molecule has 0 spiro atoms. The van der Waals surface area contributed by atoms with Gasteiger partial charge in [-0.1, -0.05) is 32.9 Å². The van der Waals surface area contributed by atoms with Crippen molar-refractivity contribution < 1.29 is 4.74 Å². The van der Waals surface area contributed by atoms with Crippen LogP contribution in [0.1, 0.15) is 45.6 Å². The smallest absolute Gasteiger partial charge is 0.118 e.